The first-order valence-corrected chi connectivity index (χ1v) is 11.5. The predicted molar refractivity (Wildman–Crippen MR) is 120 cm³/mol. The molecule has 1 aromatic heterocycles. The molecule has 0 unspecified atom stereocenters. The molecule has 1 amide bonds. The number of carbonyl (C=O) groups excluding carboxylic acids is 2. The summed E-state index contributed by atoms with van der Waals surface area (Å²) in [5, 5.41) is 2.68. The van der Waals surface area contributed by atoms with Crippen LogP contribution >= 0.6 is 0 Å². The van der Waals surface area contributed by atoms with Gasteiger partial charge in [0.05, 0.1) is 4.90 Å². The standard InChI is InChI=1S/C25H19NO5S/c27-24(18-8-3-1-4-9-18)19-10-7-11-20(16-19)26-25(28)23-15-14-21(31-23)17-32(29,30)22-12-5-2-6-13-22/h1-16H,17H2,(H,26,28). The molecule has 0 fully saturated rings. The molecule has 0 radical (unpaired) electrons. The van der Waals surface area contributed by atoms with Crippen molar-refractivity contribution in [2.75, 3.05) is 5.32 Å². The highest BCUT2D eigenvalue weighted by atomic mass is 32.2. The molecular weight excluding hydrogens is 426 g/mol. The zero-order chi connectivity index (χ0) is 22.6. The Balaban J connectivity index is 1.46. The number of hydrogen-bond acceptors (Lipinski definition) is 5. The largest absolute Gasteiger partial charge is 0.455 e. The van der Waals surface area contributed by atoms with Gasteiger partial charge in [-0.15, -0.1) is 0 Å². The molecule has 0 spiro atoms. The van der Waals surface area contributed by atoms with Gasteiger partial charge >= 0.3 is 0 Å². The van der Waals surface area contributed by atoms with Crippen molar-refractivity contribution in [3.8, 4) is 0 Å². The molecule has 0 atom stereocenters. The lowest BCUT2D eigenvalue weighted by Gasteiger charge is -2.06. The summed E-state index contributed by atoms with van der Waals surface area (Å²) in [5.74, 6) is -0.924. The van der Waals surface area contributed by atoms with Crippen LogP contribution in [0.15, 0.2) is 106 Å². The van der Waals surface area contributed by atoms with E-state index in [-0.39, 0.29) is 28.0 Å². The molecule has 7 heteroatoms. The van der Waals surface area contributed by atoms with Gasteiger partial charge in [0.2, 0.25) is 0 Å². The lowest BCUT2D eigenvalue weighted by atomic mass is 10.0. The van der Waals surface area contributed by atoms with E-state index in [2.05, 4.69) is 5.32 Å². The molecule has 1 heterocycles. The molecule has 0 aliphatic carbocycles. The topological polar surface area (TPSA) is 93.5 Å². The monoisotopic (exact) mass is 445 g/mol. The molecular formula is C25H19NO5S. The van der Waals surface area contributed by atoms with Crippen LogP contribution in [-0.2, 0) is 15.6 Å². The number of nitrogens with one attached hydrogen (secondary N) is 1. The number of rotatable bonds is 7. The van der Waals surface area contributed by atoms with E-state index in [1.165, 1.54) is 24.3 Å². The van der Waals surface area contributed by atoms with Crippen LogP contribution in [0.25, 0.3) is 0 Å². The number of anilines is 1. The van der Waals surface area contributed by atoms with Gasteiger partial charge < -0.3 is 9.73 Å². The molecule has 3 aromatic carbocycles. The summed E-state index contributed by atoms with van der Waals surface area (Å²) in [5.41, 5.74) is 1.40. The van der Waals surface area contributed by atoms with Crippen molar-refractivity contribution in [2.45, 2.75) is 10.6 Å². The Morgan fingerprint density at radius 1 is 0.750 bits per heavy atom. The molecule has 0 saturated carbocycles. The third-order valence-corrected chi connectivity index (χ3v) is 6.39. The molecule has 6 nitrogen and oxygen atoms in total. The summed E-state index contributed by atoms with van der Waals surface area (Å²) in [6.07, 6.45) is 0. The number of ketones is 1. The third kappa shape index (κ3) is 4.84. The minimum absolute atomic E-state index is 0.0250. The van der Waals surface area contributed by atoms with E-state index in [1.54, 1.807) is 66.7 Å². The average Bonchev–Trinajstić information content (AvgIpc) is 3.28. The molecule has 0 bridgehead atoms. The number of benzene rings is 3. The summed E-state index contributed by atoms with van der Waals surface area (Å²) < 4.78 is 30.5. The smallest absolute Gasteiger partial charge is 0.291 e. The van der Waals surface area contributed by atoms with Crippen molar-refractivity contribution < 1.29 is 22.4 Å². The first kappa shape index (κ1) is 21.3. The van der Waals surface area contributed by atoms with E-state index in [9.17, 15) is 18.0 Å². The Morgan fingerprint density at radius 3 is 2.12 bits per heavy atom. The van der Waals surface area contributed by atoms with E-state index in [0.717, 1.165) is 0 Å². The maximum atomic E-state index is 12.6. The fourth-order valence-corrected chi connectivity index (χ4v) is 4.43. The van der Waals surface area contributed by atoms with Crippen LogP contribution in [-0.4, -0.2) is 20.1 Å². The third-order valence-electron chi connectivity index (χ3n) is 4.74. The minimum atomic E-state index is -3.59. The molecule has 0 saturated heterocycles. The van der Waals surface area contributed by atoms with Gasteiger partial charge in [0, 0.05) is 16.8 Å². The van der Waals surface area contributed by atoms with Gasteiger partial charge in [-0.05, 0) is 36.4 Å². The summed E-state index contributed by atoms with van der Waals surface area (Å²) >= 11 is 0. The van der Waals surface area contributed by atoms with E-state index in [0.29, 0.717) is 16.8 Å². The second-order valence-electron chi connectivity index (χ2n) is 7.07. The number of sulfone groups is 1. The maximum absolute atomic E-state index is 12.6. The molecule has 4 aromatic rings. The number of amides is 1. The summed E-state index contributed by atoms with van der Waals surface area (Å²) in [7, 11) is -3.59. The van der Waals surface area contributed by atoms with Crippen LogP contribution in [0.1, 0.15) is 32.2 Å². The van der Waals surface area contributed by atoms with Crippen LogP contribution in [0, 0.1) is 0 Å². The second kappa shape index (κ2) is 9.03. The minimum Gasteiger partial charge on any atom is -0.455 e. The van der Waals surface area contributed by atoms with E-state index >= 15 is 0 Å². The summed E-state index contributed by atoms with van der Waals surface area (Å²) in [6.45, 7) is 0. The average molecular weight is 445 g/mol. The molecule has 32 heavy (non-hydrogen) atoms. The van der Waals surface area contributed by atoms with E-state index in [1.807, 2.05) is 6.07 Å². The van der Waals surface area contributed by atoms with Crippen LogP contribution in [0.2, 0.25) is 0 Å². The lowest BCUT2D eigenvalue weighted by Crippen LogP contribution is -2.12. The zero-order valence-corrected chi connectivity index (χ0v) is 17.7. The molecule has 0 aliphatic rings. The van der Waals surface area contributed by atoms with Crippen LogP contribution in [0.3, 0.4) is 0 Å². The highest BCUT2D eigenvalue weighted by Gasteiger charge is 2.19. The quantitative estimate of drug-likeness (QED) is 0.415. The van der Waals surface area contributed by atoms with Gasteiger partial charge in [-0.3, -0.25) is 9.59 Å². The molecule has 4 rings (SSSR count). The predicted octanol–water partition coefficient (Wildman–Crippen LogP) is 4.74. The molecule has 0 aliphatic heterocycles. The fraction of sp³-hybridized carbons (Fsp3) is 0.0400. The van der Waals surface area contributed by atoms with Crippen molar-refractivity contribution in [1.82, 2.24) is 0 Å². The van der Waals surface area contributed by atoms with Gasteiger partial charge in [0.1, 0.15) is 11.5 Å². The van der Waals surface area contributed by atoms with Gasteiger partial charge in [-0.2, -0.15) is 0 Å². The Kier molecular flexibility index (Phi) is 6.00. The Bertz CT molecular complexity index is 1360. The summed E-state index contributed by atoms with van der Waals surface area (Å²) in [6, 6.07) is 26.3. The van der Waals surface area contributed by atoms with Gasteiger partial charge in [0.25, 0.3) is 5.91 Å². The van der Waals surface area contributed by atoms with Crippen molar-refractivity contribution >= 4 is 27.2 Å². The lowest BCUT2D eigenvalue weighted by molar-refractivity contribution is 0.0993. The first-order valence-electron chi connectivity index (χ1n) is 9.80. The van der Waals surface area contributed by atoms with Gasteiger partial charge in [-0.25, -0.2) is 8.42 Å². The number of hydrogen-bond donors (Lipinski definition) is 1. The number of furan rings is 1. The SMILES string of the molecule is O=C(c1ccccc1)c1cccc(NC(=O)c2ccc(CS(=O)(=O)c3ccccc3)o2)c1. The maximum Gasteiger partial charge on any atom is 0.291 e. The van der Waals surface area contributed by atoms with Crippen molar-refractivity contribution in [1.29, 1.82) is 0 Å². The van der Waals surface area contributed by atoms with Gasteiger partial charge in [0.15, 0.2) is 21.4 Å². The Hall–Kier alpha value is -3.97. The van der Waals surface area contributed by atoms with Crippen LogP contribution in [0.5, 0.6) is 0 Å². The number of carbonyl (C=O) groups is 2. The van der Waals surface area contributed by atoms with Crippen molar-refractivity contribution in [3.05, 3.63) is 120 Å². The summed E-state index contributed by atoms with van der Waals surface area (Å²) in [4.78, 5) is 25.4. The fourth-order valence-electron chi connectivity index (χ4n) is 3.16. The second-order valence-corrected chi connectivity index (χ2v) is 9.06. The highest BCUT2D eigenvalue weighted by Crippen LogP contribution is 2.20. The Morgan fingerprint density at radius 2 is 1.41 bits per heavy atom. The molecule has 160 valence electrons. The van der Waals surface area contributed by atoms with Crippen molar-refractivity contribution in [2.24, 2.45) is 0 Å². The van der Waals surface area contributed by atoms with Crippen LogP contribution in [0.4, 0.5) is 5.69 Å². The Labute approximate surface area is 185 Å². The molecule has 1 N–H and O–H groups in total. The van der Waals surface area contributed by atoms with E-state index in [4.69, 9.17) is 4.42 Å². The highest BCUT2D eigenvalue weighted by molar-refractivity contribution is 7.90. The first-order chi connectivity index (χ1) is 15.4. The van der Waals surface area contributed by atoms with E-state index < -0.39 is 15.7 Å². The van der Waals surface area contributed by atoms with Gasteiger partial charge in [-0.1, -0.05) is 60.7 Å². The zero-order valence-electron chi connectivity index (χ0n) is 16.9. The normalized spacial score (nSPS) is 11.1. The van der Waals surface area contributed by atoms with Crippen molar-refractivity contribution in [3.63, 3.8) is 0 Å². The van der Waals surface area contributed by atoms with Crippen LogP contribution < -0.4 is 5.32 Å².